The first-order chi connectivity index (χ1) is 10.6. The predicted octanol–water partition coefficient (Wildman–Crippen LogP) is 2.30. The number of aryl methyl sites for hydroxylation is 2. The van der Waals surface area contributed by atoms with Gasteiger partial charge in [-0.05, 0) is 42.5 Å². The Morgan fingerprint density at radius 3 is 2.86 bits per heavy atom. The second kappa shape index (κ2) is 6.27. The monoisotopic (exact) mass is 316 g/mol. The molecule has 5 nitrogen and oxygen atoms in total. The van der Waals surface area contributed by atoms with Gasteiger partial charge in [-0.15, -0.1) is 11.3 Å². The number of rotatable bonds is 5. The van der Waals surface area contributed by atoms with Gasteiger partial charge < -0.3 is 10.4 Å². The summed E-state index contributed by atoms with van der Waals surface area (Å²) >= 11 is 1.30. The van der Waals surface area contributed by atoms with E-state index in [4.69, 9.17) is 5.11 Å². The average Bonchev–Trinajstić information content (AvgIpc) is 3.15. The first-order valence-corrected chi connectivity index (χ1v) is 8.09. The maximum Gasteiger partial charge on any atom is 0.355 e. The normalized spacial score (nSPS) is 12.9. The standard InChI is InChI=1S/C16H16N2O3S/c19-15(12-5-4-10-2-1-3-11(10)8-12)17-7-6-14-18-13(9-22-14)16(20)21/h4-5,8-9H,1-3,6-7H2,(H,17,19)(H,20,21). The summed E-state index contributed by atoms with van der Waals surface area (Å²) in [4.78, 5) is 26.9. The highest BCUT2D eigenvalue weighted by atomic mass is 32.1. The number of nitrogens with one attached hydrogen (secondary N) is 1. The molecule has 6 heteroatoms. The van der Waals surface area contributed by atoms with Crippen LogP contribution in [0, 0.1) is 0 Å². The van der Waals surface area contributed by atoms with Gasteiger partial charge in [0.05, 0.1) is 5.01 Å². The third-order valence-corrected chi connectivity index (χ3v) is 4.66. The van der Waals surface area contributed by atoms with Gasteiger partial charge in [0.25, 0.3) is 5.91 Å². The molecule has 1 heterocycles. The molecule has 3 rings (SSSR count). The van der Waals surface area contributed by atoms with E-state index in [0.29, 0.717) is 23.5 Å². The van der Waals surface area contributed by atoms with E-state index in [2.05, 4.69) is 10.3 Å². The molecular weight excluding hydrogens is 300 g/mol. The molecule has 0 bridgehead atoms. The van der Waals surface area contributed by atoms with Crippen molar-refractivity contribution in [3.05, 3.63) is 51.0 Å². The van der Waals surface area contributed by atoms with Crippen LogP contribution in [0.4, 0.5) is 0 Å². The summed E-state index contributed by atoms with van der Waals surface area (Å²) in [6.45, 7) is 0.447. The Balaban J connectivity index is 1.54. The summed E-state index contributed by atoms with van der Waals surface area (Å²) in [5.41, 5.74) is 3.37. The van der Waals surface area contributed by atoms with Crippen LogP contribution < -0.4 is 5.32 Å². The number of carboxylic acids is 1. The molecule has 114 valence electrons. The molecule has 0 saturated heterocycles. The van der Waals surface area contributed by atoms with Gasteiger partial charge in [0.15, 0.2) is 5.69 Å². The third kappa shape index (κ3) is 3.17. The van der Waals surface area contributed by atoms with Crippen LogP contribution in [0.3, 0.4) is 0 Å². The van der Waals surface area contributed by atoms with E-state index >= 15 is 0 Å². The molecule has 0 unspecified atom stereocenters. The lowest BCUT2D eigenvalue weighted by molar-refractivity contribution is 0.0690. The largest absolute Gasteiger partial charge is 0.476 e. The number of hydrogen-bond donors (Lipinski definition) is 2. The molecule has 0 fully saturated rings. The summed E-state index contributed by atoms with van der Waals surface area (Å²) in [5.74, 6) is -1.12. The fraction of sp³-hybridized carbons (Fsp3) is 0.312. The zero-order valence-electron chi connectivity index (χ0n) is 12.0. The minimum absolute atomic E-state index is 0.0601. The van der Waals surface area contributed by atoms with Crippen molar-refractivity contribution in [2.75, 3.05) is 6.54 Å². The Hall–Kier alpha value is -2.21. The van der Waals surface area contributed by atoms with E-state index in [-0.39, 0.29) is 11.6 Å². The molecule has 1 aromatic carbocycles. The minimum Gasteiger partial charge on any atom is -0.476 e. The molecular formula is C16H16N2O3S. The van der Waals surface area contributed by atoms with Crippen molar-refractivity contribution in [1.82, 2.24) is 10.3 Å². The number of amides is 1. The zero-order valence-corrected chi connectivity index (χ0v) is 12.8. The van der Waals surface area contributed by atoms with Crippen molar-refractivity contribution in [2.45, 2.75) is 25.7 Å². The Bertz CT molecular complexity index is 724. The molecule has 0 saturated carbocycles. The first-order valence-electron chi connectivity index (χ1n) is 7.21. The number of thiazole rings is 1. The van der Waals surface area contributed by atoms with Gasteiger partial charge in [0.2, 0.25) is 0 Å². The summed E-state index contributed by atoms with van der Waals surface area (Å²) in [6, 6.07) is 5.88. The lowest BCUT2D eigenvalue weighted by Gasteiger charge is -2.06. The number of nitrogens with zero attached hydrogens (tertiary/aromatic N) is 1. The van der Waals surface area contributed by atoms with E-state index < -0.39 is 5.97 Å². The lowest BCUT2D eigenvalue weighted by atomic mass is 10.1. The average molecular weight is 316 g/mol. The third-order valence-electron chi connectivity index (χ3n) is 3.76. The Kier molecular flexibility index (Phi) is 4.20. The molecule has 1 aliphatic carbocycles. The van der Waals surface area contributed by atoms with Crippen LogP contribution in [0.25, 0.3) is 0 Å². The zero-order chi connectivity index (χ0) is 15.5. The Morgan fingerprint density at radius 1 is 1.27 bits per heavy atom. The van der Waals surface area contributed by atoms with Gasteiger partial charge in [0.1, 0.15) is 0 Å². The van der Waals surface area contributed by atoms with Crippen molar-refractivity contribution in [2.24, 2.45) is 0 Å². The molecule has 2 N–H and O–H groups in total. The van der Waals surface area contributed by atoms with Crippen LogP contribution in [-0.2, 0) is 19.3 Å². The summed E-state index contributed by atoms with van der Waals surface area (Å²) in [5, 5.41) is 13.9. The molecule has 1 aliphatic rings. The highest BCUT2D eigenvalue weighted by Crippen LogP contribution is 2.22. The van der Waals surface area contributed by atoms with E-state index in [1.165, 1.54) is 27.8 Å². The number of carbonyl (C=O) groups excluding carboxylic acids is 1. The van der Waals surface area contributed by atoms with Crippen molar-refractivity contribution >= 4 is 23.2 Å². The second-order valence-corrected chi connectivity index (χ2v) is 6.22. The fourth-order valence-electron chi connectivity index (χ4n) is 2.62. The van der Waals surface area contributed by atoms with Crippen LogP contribution in [0.15, 0.2) is 23.6 Å². The molecule has 1 aromatic heterocycles. The molecule has 22 heavy (non-hydrogen) atoms. The number of hydrogen-bond acceptors (Lipinski definition) is 4. The number of aromatic carboxylic acids is 1. The van der Waals surface area contributed by atoms with E-state index in [1.54, 1.807) is 0 Å². The van der Waals surface area contributed by atoms with Crippen molar-refractivity contribution < 1.29 is 14.7 Å². The highest BCUT2D eigenvalue weighted by molar-refractivity contribution is 7.09. The SMILES string of the molecule is O=C(NCCc1nc(C(=O)O)cs1)c1ccc2c(c1)CCC2. The predicted molar refractivity (Wildman–Crippen MR) is 83.6 cm³/mol. The van der Waals surface area contributed by atoms with Gasteiger partial charge in [0, 0.05) is 23.9 Å². The molecule has 0 radical (unpaired) electrons. The van der Waals surface area contributed by atoms with Crippen LogP contribution in [-0.4, -0.2) is 28.5 Å². The number of carbonyl (C=O) groups is 2. The van der Waals surface area contributed by atoms with E-state index in [9.17, 15) is 9.59 Å². The number of benzene rings is 1. The first kappa shape index (κ1) is 14.7. The molecule has 2 aromatic rings. The van der Waals surface area contributed by atoms with Crippen LogP contribution in [0.5, 0.6) is 0 Å². The molecule has 1 amide bonds. The summed E-state index contributed by atoms with van der Waals surface area (Å²) in [7, 11) is 0. The van der Waals surface area contributed by atoms with Gasteiger partial charge in [-0.2, -0.15) is 0 Å². The van der Waals surface area contributed by atoms with Gasteiger partial charge in [-0.25, -0.2) is 9.78 Å². The van der Waals surface area contributed by atoms with E-state index in [0.717, 1.165) is 19.3 Å². The summed E-state index contributed by atoms with van der Waals surface area (Å²) < 4.78 is 0. The number of fused-ring (bicyclic) bond motifs is 1. The lowest BCUT2D eigenvalue weighted by Crippen LogP contribution is -2.25. The topological polar surface area (TPSA) is 79.3 Å². The smallest absolute Gasteiger partial charge is 0.355 e. The van der Waals surface area contributed by atoms with Crippen molar-refractivity contribution in [3.63, 3.8) is 0 Å². The quantitative estimate of drug-likeness (QED) is 0.887. The van der Waals surface area contributed by atoms with Crippen LogP contribution in [0.1, 0.15) is 43.4 Å². The van der Waals surface area contributed by atoms with Gasteiger partial charge >= 0.3 is 5.97 Å². The Labute approximate surface area is 132 Å². The highest BCUT2D eigenvalue weighted by Gasteiger charge is 2.14. The van der Waals surface area contributed by atoms with E-state index in [1.807, 2.05) is 18.2 Å². The maximum absolute atomic E-state index is 12.1. The molecule has 0 aliphatic heterocycles. The minimum atomic E-state index is -1.02. The summed E-state index contributed by atoms with van der Waals surface area (Å²) in [6.07, 6.45) is 3.85. The van der Waals surface area contributed by atoms with Gasteiger partial charge in [-0.3, -0.25) is 4.79 Å². The fourth-order valence-corrected chi connectivity index (χ4v) is 3.39. The number of carboxylic acid groups (broad SMARTS) is 1. The van der Waals surface area contributed by atoms with Crippen LogP contribution in [0.2, 0.25) is 0 Å². The number of aromatic nitrogens is 1. The van der Waals surface area contributed by atoms with Crippen molar-refractivity contribution in [3.8, 4) is 0 Å². The molecule has 0 atom stereocenters. The van der Waals surface area contributed by atoms with Crippen molar-refractivity contribution in [1.29, 1.82) is 0 Å². The molecule has 0 spiro atoms. The van der Waals surface area contributed by atoms with Gasteiger partial charge in [-0.1, -0.05) is 6.07 Å². The maximum atomic E-state index is 12.1. The van der Waals surface area contributed by atoms with Crippen LogP contribution >= 0.6 is 11.3 Å². The Morgan fingerprint density at radius 2 is 2.09 bits per heavy atom. The second-order valence-electron chi connectivity index (χ2n) is 5.27.